The summed E-state index contributed by atoms with van der Waals surface area (Å²) in [4.78, 5) is 12.5. The molecule has 140 valence electrons. The molecule has 0 saturated carbocycles. The van der Waals surface area contributed by atoms with Gasteiger partial charge in [-0.05, 0) is 50.1 Å². The van der Waals surface area contributed by atoms with Crippen LogP contribution in [0.25, 0.3) is 0 Å². The Labute approximate surface area is 151 Å². The highest BCUT2D eigenvalue weighted by Crippen LogP contribution is 2.27. The first-order valence-electron chi connectivity index (χ1n) is 7.83. The normalized spacial score (nSPS) is 12.5. The molecular weight excluding hydrogens is 362 g/mol. The van der Waals surface area contributed by atoms with Crippen molar-refractivity contribution in [3.05, 3.63) is 59.2 Å². The SMILES string of the molecule is Cc1ccc(C)c(N([C@H](C)C(=O)Nc2ccc(F)cc2F)S(C)(=O)=O)c1. The molecule has 1 atom stereocenters. The van der Waals surface area contributed by atoms with Gasteiger partial charge in [0.25, 0.3) is 0 Å². The summed E-state index contributed by atoms with van der Waals surface area (Å²) in [6.45, 7) is 4.94. The van der Waals surface area contributed by atoms with Gasteiger partial charge in [-0.15, -0.1) is 0 Å². The van der Waals surface area contributed by atoms with Gasteiger partial charge in [0, 0.05) is 6.07 Å². The summed E-state index contributed by atoms with van der Waals surface area (Å²) in [6, 6.07) is 6.83. The van der Waals surface area contributed by atoms with Crippen molar-refractivity contribution in [1.29, 1.82) is 0 Å². The number of amides is 1. The van der Waals surface area contributed by atoms with Crippen molar-refractivity contribution in [3.8, 4) is 0 Å². The van der Waals surface area contributed by atoms with Gasteiger partial charge in [0.2, 0.25) is 15.9 Å². The number of carbonyl (C=O) groups excluding carboxylic acids is 1. The van der Waals surface area contributed by atoms with Gasteiger partial charge >= 0.3 is 0 Å². The zero-order chi connectivity index (χ0) is 19.6. The van der Waals surface area contributed by atoms with Crippen LogP contribution in [0.4, 0.5) is 20.2 Å². The van der Waals surface area contributed by atoms with Crippen LogP contribution in [0.1, 0.15) is 18.1 Å². The van der Waals surface area contributed by atoms with Gasteiger partial charge in [-0.3, -0.25) is 9.10 Å². The fourth-order valence-electron chi connectivity index (χ4n) is 2.57. The molecule has 1 amide bonds. The average Bonchev–Trinajstić information content (AvgIpc) is 2.52. The van der Waals surface area contributed by atoms with Crippen molar-refractivity contribution in [1.82, 2.24) is 0 Å². The Bertz CT molecular complexity index is 945. The second-order valence-electron chi connectivity index (χ2n) is 6.14. The van der Waals surface area contributed by atoms with E-state index in [2.05, 4.69) is 5.32 Å². The Morgan fingerprint density at radius 3 is 2.35 bits per heavy atom. The molecular formula is C18H20F2N2O3S. The van der Waals surface area contributed by atoms with Crippen LogP contribution in [0.2, 0.25) is 0 Å². The largest absolute Gasteiger partial charge is 0.322 e. The van der Waals surface area contributed by atoms with Gasteiger partial charge < -0.3 is 5.32 Å². The lowest BCUT2D eigenvalue weighted by Crippen LogP contribution is -2.45. The third-order valence-electron chi connectivity index (χ3n) is 3.88. The van der Waals surface area contributed by atoms with Crippen LogP contribution in [-0.2, 0) is 14.8 Å². The first-order valence-corrected chi connectivity index (χ1v) is 9.68. The molecule has 0 saturated heterocycles. The van der Waals surface area contributed by atoms with Crippen molar-refractivity contribution < 1.29 is 22.0 Å². The standard InChI is InChI=1S/C18H20F2N2O3S/c1-11-5-6-12(2)17(9-11)22(26(4,24)25)13(3)18(23)21-16-8-7-14(19)10-15(16)20/h5-10,13H,1-4H3,(H,21,23)/t13-/m1/s1. The lowest BCUT2D eigenvalue weighted by atomic mass is 10.1. The van der Waals surface area contributed by atoms with Crippen molar-refractivity contribution in [2.24, 2.45) is 0 Å². The Hall–Kier alpha value is -2.48. The fraction of sp³-hybridized carbons (Fsp3) is 0.278. The average molecular weight is 382 g/mol. The number of anilines is 2. The van der Waals surface area contributed by atoms with Crippen molar-refractivity contribution >= 4 is 27.3 Å². The van der Waals surface area contributed by atoms with Crippen LogP contribution in [0, 0.1) is 25.5 Å². The number of halogens is 2. The number of aryl methyl sites for hydroxylation is 2. The lowest BCUT2D eigenvalue weighted by Gasteiger charge is -2.29. The molecule has 0 unspecified atom stereocenters. The molecule has 0 heterocycles. The van der Waals surface area contributed by atoms with Crippen molar-refractivity contribution in [3.63, 3.8) is 0 Å². The smallest absolute Gasteiger partial charge is 0.248 e. The van der Waals surface area contributed by atoms with Crippen LogP contribution in [0.3, 0.4) is 0 Å². The molecule has 8 heteroatoms. The van der Waals surface area contributed by atoms with Gasteiger partial charge in [-0.1, -0.05) is 12.1 Å². The maximum atomic E-state index is 13.8. The predicted molar refractivity (Wildman–Crippen MR) is 97.7 cm³/mol. The first-order chi connectivity index (χ1) is 12.0. The zero-order valence-electron chi connectivity index (χ0n) is 14.9. The van der Waals surface area contributed by atoms with Gasteiger partial charge in [-0.25, -0.2) is 17.2 Å². The van der Waals surface area contributed by atoms with Gasteiger partial charge in [0.15, 0.2) is 0 Å². The monoisotopic (exact) mass is 382 g/mol. The number of hydrogen-bond acceptors (Lipinski definition) is 3. The molecule has 0 radical (unpaired) electrons. The van der Waals surface area contributed by atoms with Crippen LogP contribution < -0.4 is 9.62 Å². The molecule has 2 aromatic carbocycles. The molecule has 5 nitrogen and oxygen atoms in total. The number of nitrogens with zero attached hydrogens (tertiary/aromatic N) is 1. The molecule has 2 aromatic rings. The molecule has 0 fully saturated rings. The first kappa shape index (κ1) is 19.8. The highest BCUT2D eigenvalue weighted by Gasteiger charge is 2.30. The van der Waals surface area contributed by atoms with Crippen molar-refractivity contribution in [2.45, 2.75) is 26.8 Å². The molecule has 0 bridgehead atoms. The van der Waals surface area contributed by atoms with Crippen LogP contribution in [0.15, 0.2) is 36.4 Å². The number of hydrogen-bond donors (Lipinski definition) is 1. The molecule has 1 N–H and O–H groups in total. The van der Waals surface area contributed by atoms with Crippen molar-refractivity contribution in [2.75, 3.05) is 15.9 Å². The number of nitrogens with one attached hydrogen (secondary N) is 1. The summed E-state index contributed by atoms with van der Waals surface area (Å²) < 4.78 is 52.4. The second-order valence-corrected chi connectivity index (χ2v) is 8.00. The Balaban J connectivity index is 2.39. The fourth-order valence-corrected chi connectivity index (χ4v) is 3.79. The summed E-state index contributed by atoms with van der Waals surface area (Å²) in [5, 5.41) is 2.31. The van der Waals surface area contributed by atoms with E-state index in [0.717, 1.165) is 28.3 Å². The third-order valence-corrected chi connectivity index (χ3v) is 5.11. The molecule has 2 rings (SSSR count). The zero-order valence-corrected chi connectivity index (χ0v) is 15.7. The number of benzene rings is 2. The lowest BCUT2D eigenvalue weighted by molar-refractivity contribution is -0.116. The van der Waals surface area contributed by atoms with Crippen LogP contribution >= 0.6 is 0 Å². The second kappa shape index (κ2) is 7.41. The quantitative estimate of drug-likeness (QED) is 0.862. The summed E-state index contributed by atoms with van der Waals surface area (Å²) >= 11 is 0. The van der Waals surface area contributed by atoms with Gasteiger partial charge in [0.05, 0.1) is 17.6 Å². The summed E-state index contributed by atoms with van der Waals surface area (Å²) in [6.07, 6.45) is 0.997. The van der Waals surface area contributed by atoms with Crippen LogP contribution in [-0.4, -0.2) is 26.6 Å². The molecule has 0 aliphatic heterocycles. The highest BCUT2D eigenvalue weighted by molar-refractivity contribution is 7.92. The van der Waals surface area contributed by atoms with E-state index in [-0.39, 0.29) is 5.69 Å². The number of rotatable bonds is 5. The van der Waals surface area contributed by atoms with E-state index in [0.29, 0.717) is 17.3 Å². The van der Waals surface area contributed by atoms with E-state index in [1.807, 2.05) is 13.0 Å². The maximum Gasteiger partial charge on any atom is 0.248 e. The van der Waals surface area contributed by atoms with E-state index in [1.165, 1.54) is 6.92 Å². The van der Waals surface area contributed by atoms with Crippen LogP contribution in [0.5, 0.6) is 0 Å². The molecule has 0 aliphatic rings. The Morgan fingerprint density at radius 1 is 1.12 bits per heavy atom. The van der Waals surface area contributed by atoms with Gasteiger partial charge in [-0.2, -0.15) is 0 Å². The Kier molecular flexibility index (Phi) is 5.65. The third kappa shape index (κ3) is 4.37. The van der Waals surface area contributed by atoms with E-state index >= 15 is 0 Å². The topological polar surface area (TPSA) is 66.5 Å². The molecule has 0 spiro atoms. The molecule has 0 aromatic heterocycles. The number of sulfonamides is 1. The maximum absolute atomic E-state index is 13.8. The summed E-state index contributed by atoms with van der Waals surface area (Å²) in [5.41, 5.74) is 1.65. The van der Waals surface area contributed by atoms with E-state index in [1.54, 1.807) is 19.1 Å². The van der Waals surface area contributed by atoms with E-state index < -0.39 is 33.6 Å². The molecule has 0 aliphatic carbocycles. The predicted octanol–water partition coefficient (Wildman–Crippen LogP) is 3.37. The summed E-state index contributed by atoms with van der Waals surface area (Å²) in [7, 11) is -3.79. The minimum atomic E-state index is -3.79. The molecule has 26 heavy (non-hydrogen) atoms. The Morgan fingerprint density at radius 2 is 1.77 bits per heavy atom. The minimum Gasteiger partial charge on any atom is -0.322 e. The summed E-state index contributed by atoms with van der Waals surface area (Å²) in [5.74, 6) is -2.45. The van der Waals surface area contributed by atoms with E-state index in [9.17, 15) is 22.0 Å². The van der Waals surface area contributed by atoms with E-state index in [4.69, 9.17) is 0 Å². The van der Waals surface area contributed by atoms with Gasteiger partial charge in [0.1, 0.15) is 17.7 Å². The minimum absolute atomic E-state index is 0.224. The highest BCUT2D eigenvalue weighted by atomic mass is 32.2. The number of carbonyl (C=O) groups is 1.